The number of hydrogen-bond acceptors (Lipinski definition) is 6. The number of fused-ring (bicyclic) bond motifs is 1. The maximum Gasteiger partial charge on any atom is 0.142 e. The molecule has 8 heteroatoms. The van der Waals surface area contributed by atoms with E-state index in [1.54, 1.807) is 18.1 Å². The van der Waals surface area contributed by atoms with Crippen LogP contribution in [0.2, 0.25) is 0 Å². The van der Waals surface area contributed by atoms with Crippen molar-refractivity contribution in [1.82, 2.24) is 15.0 Å². The summed E-state index contributed by atoms with van der Waals surface area (Å²) in [6.07, 6.45) is 9.73. The van der Waals surface area contributed by atoms with Gasteiger partial charge in [0.15, 0.2) is 0 Å². The summed E-state index contributed by atoms with van der Waals surface area (Å²) in [5.41, 5.74) is 0.869. The second-order valence-electron chi connectivity index (χ2n) is 6.90. The van der Waals surface area contributed by atoms with Crippen LogP contribution in [0.3, 0.4) is 0 Å². The van der Waals surface area contributed by atoms with Crippen LogP contribution in [0.25, 0.3) is 11.0 Å². The van der Waals surface area contributed by atoms with Gasteiger partial charge in [0.05, 0.1) is 5.39 Å². The third-order valence-corrected chi connectivity index (χ3v) is 7.90. The van der Waals surface area contributed by atoms with Crippen LogP contribution in [0.4, 0.5) is 5.82 Å². The normalized spacial score (nSPS) is 23.4. The fourth-order valence-corrected chi connectivity index (χ4v) is 6.70. The summed E-state index contributed by atoms with van der Waals surface area (Å²) in [7, 11) is -0.311. The van der Waals surface area contributed by atoms with Gasteiger partial charge in [0.25, 0.3) is 0 Å². The molecule has 1 aliphatic carbocycles. The minimum atomic E-state index is -2.41. The van der Waals surface area contributed by atoms with Crippen LogP contribution in [-0.2, 0) is 9.73 Å². The highest BCUT2D eigenvalue weighted by Crippen LogP contribution is 2.32. The number of thioether (sulfide) groups is 1. The average Bonchev–Trinajstić information content (AvgIpc) is 3.08. The van der Waals surface area contributed by atoms with Crippen LogP contribution in [0.15, 0.2) is 18.6 Å². The Kier molecular flexibility index (Phi) is 5.89. The molecule has 25 heavy (non-hydrogen) atoms. The number of anilines is 1. The summed E-state index contributed by atoms with van der Waals surface area (Å²) in [6, 6.07) is 2.46. The molecule has 1 aliphatic rings. The second-order valence-corrected chi connectivity index (χ2v) is 10.2. The summed E-state index contributed by atoms with van der Waals surface area (Å²) < 4.78 is 20.5. The standard InChI is InChI=1S/C17H27N5OS2/c1-22(17-15-7-8-19-16(15)20-12-21-17)14-5-3-13(4-6-14)11-25(18,23)10-9-24-2/h7-8,12-14,18H,3-6,9-11H2,1-2H3,(H,19,20,21)/t13?,14?,25-/m0/s1. The van der Waals surface area contributed by atoms with Gasteiger partial charge in [-0.05, 0) is 43.9 Å². The predicted molar refractivity (Wildman–Crippen MR) is 107 cm³/mol. The fourth-order valence-electron chi connectivity index (χ4n) is 3.69. The zero-order valence-corrected chi connectivity index (χ0v) is 16.5. The number of aromatic amines is 1. The van der Waals surface area contributed by atoms with E-state index in [0.717, 1.165) is 48.3 Å². The van der Waals surface area contributed by atoms with Crippen LogP contribution in [0.5, 0.6) is 0 Å². The van der Waals surface area contributed by atoms with Crippen LogP contribution < -0.4 is 4.90 Å². The maximum absolute atomic E-state index is 12.4. The Morgan fingerprint density at radius 2 is 2.12 bits per heavy atom. The monoisotopic (exact) mass is 381 g/mol. The first kappa shape index (κ1) is 18.5. The molecule has 2 heterocycles. The molecule has 3 rings (SSSR count). The lowest BCUT2D eigenvalue weighted by Gasteiger charge is -2.35. The summed E-state index contributed by atoms with van der Waals surface area (Å²) in [6.45, 7) is 0. The van der Waals surface area contributed by atoms with Crippen LogP contribution in [0.1, 0.15) is 25.7 Å². The van der Waals surface area contributed by atoms with E-state index in [1.807, 2.05) is 18.5 Å². The number of H-pyrrole nitrogens is 1. The van der Waals surface area contributed by atoms with E-state index in [4.69, 9.17) is 4.78 Å². The van der Waals surface area contributed by atoms with Gasteiger partial charge in [-0.25, -0.2) is 14.2 Å². The van der Waals surface area contributed by atoms with Crippen molar-refractivity contribution < 1.29 is 4.21 Å². The molecule has 2 aromatic heterocycles. The highest BCUT2D eigenvalue weighted by atomic mass is 32.2. The van der Waals surface area contributed by atoms with E-state index in [-0.39, 0.29) is 0 Å². The van der Waals surface area contributed by atoms with Crippen molar-refractivity contribution in [2.24, 2.45) is 5.92 Å². The van der Waals surface area contributed by atoms with E-state index in [1.165, 1.54) is 0 Å². The fraction of sp³-hybridized carbons (Fsp3) is 0.647. The number of nitrogens with zero attached hydrogens (tertiary/aromatic N) is 3. The van der Waals surface area contributed by atoms with Crippen molar-refractivity contribution in [1.29, 1.82) is 4.78 Å². The molecule has 1 fully saturated rings. The Morgan fingerprint density at radius 1 is 1.36 bits per heavy atom. The van der Waals surface area contributed by atoms with Gasteiger partial charge in [0.1, 0.15) is 17.8 Å². The Hall–Kier alpha value is -1.28. The predicted octanol–water partition coefficient (Wildman–Crippen LogP) is 3.36. The highest BCUT2D eigenvalue weighted by Gasteiger charge is 2.27. The van der Waals surface area contributed by atoms with Gasteiger partial charge in [-0.3, -0.25) is 4.78 Å². The zero-order chi connectivity index (χ0) is 17.9. The maximum atomic E-state index is 12.4. The van der Waals surface area contributed by atoms with Gasteiger partial charge >= 0.3 is 0 Å². The van der Waals surface area contributed by atoms with Gasteiger partial charge < -0.3 is 9.88 Å². The van der Waals surface area contributed by atoms with Crippen molar-refractivity contribution in [3.63, 3.8) is 0 Å². The van der Waals surface area contributed by atoms with E-state index in [9.17, 15) is 4.21 Å². The third-order valence-electron chi connectivity index (χ3n) is 5.15. The Morgan fingerprint density at radius 3 is 2.84 bits per heavy atom. The summed E-state index contributed by atoms with van der Waals surface area (Å²) in [4.78, 5) is 14.1. The molecule has 6 nitrogen and oxygen atoms in total. The lowest BCUT2D eigenvalue weighted by molar-refractivity contribution is 0.342. The van der Waals surface area contributed by atoms with Gasteiger partial charge in [-0.2, -0.15) is 11.8 Å². The van der Waals surface area contributed by atoms with Crippen LogP contribution in [-0.4, -0.2) is 55.8 Å². The summed E-state index contributed by atoms with van der Waals surface area (Å²) in [5.74, 6) is 3.31. The van der Waals surface area contributed by atoms with Crippen molar-refractivity contribution in [2.45, 2.75) is 31.7 Å². The van der Waals surface area contributed by atoms with Gasteiger partial charge in [-0.15, -0.1) is 0 Å². The molecule has 0 aliphatic heterocycles. The molecular formula is C17H27N5OS2. The lowest BCUT2D eigenvalue weighted by atomic mass is 9.86. The molecule has 0 aromatic carbocycles. The molecule has 0 radical (unpaired) electrons. The van der Waals surface area contributed by atoms with Crippen LogP contribution >= 0.6 is 11.8 Å². The van der Waals surface area contributed by atoms with E-state index >= 15 is 0 Å². The number of rotatable bonds is 7. The first-order valence-corrected chi connectivity index (χ1v) is 12.0. The molecule has 138 valence electrons. The number of nitrogens with one attached hydrogen (secondary N) is 2. The number of hydrogen-bond donors (Lipinski definition) is 2. The molecule has 1 atom stereocenters. The minimum absolute atomic E-state index is 0.425. The van der Waals surface area contributed by atoms with E-state index in [2.05, 4.69) is 26.9 Å². The molecule has 0 bridgehead atoms. The first-order valence-electron chi connectivity index (χ1n) is 8.74. The molecule has 2 aromatic rings. The third kappa shape index (κ3) is 4.47. The molecule has 0 spiro atoms. The largest absolute Gasteiger partial charge is 0.356 e. The Bertz CT molecular complexity index is 796. The van der Waals surface area contributed by atoms with Crippen molar-refractivity contribution >= 4 is 38.3 Å². The first-order chi connectivity index (χ1) is 12.0. The zero-order valence-electron chi connectivity index (χ0n) is 14.9. The molecule has 2 N–H and O–H groups in total. The minimum Gasteiger partial charge on any atom is -0.356 e. The summed E-state index contributed by atoms with van der Waals surface area (Å²) in [5, 5.41) is 1.05. The molecule has 0 unspecified atom stereocenters. The quantitative estimate of drug-likeness (QED) is 0.768. The lowest BCUT2D eigenvalue weighted by Crippen LogP contribution is -2.37. The number of aromatic nitrogens is 3. The highest BCUT2D eigenvalue weighted by molar-refractivity contribution is 8.00. The Labute approximate surface area is 154 Å². The second kappa shape index (κ2) is 7.95. The molecule has 0 saturated heterocycles. The van der Waals surface area contributed by atoms with Gasteiger partial charge in [0, 0.05) is 46.3 Å². The van der Waals surface area contributed by atoms with Gasteiger partial charge in [-0.1, -0.05) is 0 Å². The van der Waals surface area contributed by atoms with Crippen molar-refractivity contribution in [3.05, 3.63) is 18.6 Å². The SMILES string of the molecule is CSCC[S@](=N)(=O)CC1CCC(N(C)c2ncnc3[nH]ccc23)CC1. The van der Waals surface area contributed by atoms with Crippen LogP contribution in [0, 0.1) is 10.7 Å². The van der Waals surface area contributed by atoms with Gasteiger partial charge in [0.2, 0.25) is 0 Å². The Balaban J connectivity index is 1.60. The van der Waals surface area contributed by atoms with E-state index < -0.39 is 9.73 Å². The average molecular weight is 382 g/mol. The smallest absolute Gasteiger partial charge is 0.142 e. The van der Waals surface area contributed by atoms with E-state index in [0.29, 0.717) is 23.5 Å². The molecule has 0 amide bonds. The summed E-state index contributed by atoms with van der Waals surface area (Å²) >= 11 is 1.67. The van der Waals surface area contributed by atoms with Crippen molar-refractivity contribution in [3.8, 4) is 0 Å². The van der Waals surface area contributed by atoms with Crippen molar-refractivity contribution in [2.75, 3.05) is 35.5 Å². The molecule has 1 saturated carbocycles. The topological polar surface area (TPSA) is 85.7 Å². The molecular weight excluding hydrogens is 354 g/mol.